The number of hydrogen-bond donors (Lipinski definition) is 0. The van der Waals surface area contributed by atoms with Gasteiger partial charge in [-0.3, -0.25) is 0 Å². The first-order valence-electron chi connectivity index (χ1n) is 10.6. The van der Waals surface area contributed by atoms with Crippen molar-refractivity contribution in [1.82, 2.24) is 14.8 Å². The molecular weight excluding hydrogens is 468 g/mol. The van der Waals surface area contributed by atoms with E-state index in [-0.39, 0.29) is 23.1 Å². The van der Waals surface area contributed by atoms with Gasteiger partial charge in [-0.2, -0.15) is 5.26 Å². The first-order chi connectivity index (χ1) is 16.8. The second-order valence-electron chi connectivity index (χ2n) is 7.72. The average molecular weight is 486 g/mol. The molecule has 0 unspecified atom stereocenters. The topological polar surface area (TPSA) is 90.0 Å². The molecule has 1 aromatic heterocycles. The summed E-state index contributed by atoms with van der Waals surface area (Å²) in [6.07, 6.45) is 5.35. The van der Waals surface area contributed by atoms with E-state index < -0.39 is 34.8 Å². The summed E-state index contributed by atoms with van der Waals surface area (Å²) in [7, 11) is 1.28. The van der Waals surface area contributed by atoms with E-state index in [9.17, 15) is 27.6 Å². The van der Waals surface area contributed by atoms with Gasteiger partial charge in [0.25, 0.3) is 0 Å². The van der Waals surface area contributed by atoms with Gasteiger partial charge in [0, 0.05) is 13.0 Å². The minimum absolute atomic E-state index is 0.0212. The second-order valence-corrected chi connectivity index (χ2v) is 7.72. The van der Waals surface area contributed by atoms with Gasteiger partial charge in [0.2, 0.25) is 0 Å². The molecule has 4 rings (SSSR count). The number of fused-ring (bicyclic) bond motifs is 1. The summed E-state index contributed by atoms with van der Waals surface area (Å²) >= 11 is 0. The third-order valence-corrected chi connectivity index (χ3v) is 5.49. The minimum atomic E-state index is -2.13. The molecule has 35 heavy (non-hydrogen) atoms. The van der Waals surface area contributed by atoms with Crippen LogP contribution in [0.25, 0.3) is 11.6 Å². The molecule has 0 saturated heterocycles. The first-order valence-corrected chi connectivity index (χ1v) is 10.6. The van der Waals surface area contributed by atoms with Crippen molar-refractivity contribution in [3.05, 3.63) is 70.3 Å². The fraction of sp³-hybridized carbons (Fsp3) is 0.250. The minimum Gasteiger partial charge on any atom is -0.493 e. The summed E-state index contributed by atoms with van der Waals surface area (Å²) in [6, 6.07) is 6.57. The summed E-state index contributed by atoms with van der Waals surface area (Å²) in [5.74, 6) is -8.13. The number of halogens is 4. The smallest absolute Gasteiger partial charge is 0.346 e. The van der Waals surface area contributed by atoms with Gasteiger partial charge in [-0.05, 0) is 42.7 Å². The maximum atomic E-state index is 13.9. The van der Waals surface area contributed by atoms with Gasteiger partial charge >= 0.3 is 5.97 Å². The third kappa shape index (κ3) is 4.73. The van der Waals surface area contributed by atoms with Crippen molar-refractivity contribution in [2.45, 2.75) is 32.2 Å². The Hall–Kier alpha value is -4.20. The summed E-state index contributed by atoms with van der Waals surface area (Å²) in [6.45, 7) is 0.704. The molecule has 0 radical (unpaired) electrons. The van der Waals surface area contributed by atoms with Crippen molar-refractivity contribution in [3.63, 3.8) is 0 Å². The quantitative estimate of drug-likeness (QED) is 0.128. The fourth-order valence-electron chi connectivity index (χ4n) is 3.73. The number of esters is 1. The van der Waals surface area contributed by atoms with Crippen LogP contribution in [-0.2, 0) is 13.0 Å². The van der Waals surface area contributed by atoms with Crippen LogP contribution in [-0.4, -0.2) is 27.8 Å². The number of rotatable bonds is 5. The number of nitriles is 1. The molecule has 7 nitrogen and oxygen atoms in total. The Morgan fingerprint density at radius 2 is 1.86 bits per heavy atom. The number of hydrogen-bond acceptors (Lipinski definition) is 6. The predicted molar refractivity (Wildman–Crippen MR) is 115 cm³/mol. The van der Waals surface area contributed by atoms with Crippen LogP contribution in [0.4, 0.5) is 17.6 Å². The van der Waals surface area contributed by atoms with Crippen LogP contribution in [0.15, 0.2) is 24.3 Å². The second kappa shape index (κ2) is 9.97. The van der Waals surface area contributed by atoms with Crippen molar-refractivity contribution in [2.24, 2.45) is 0 Å². The van der Waals surface area contributed by atoms with E-state index in [2.05, 4.69) is 16.3 Å². The molecule has 11 heteroatoms. The number of allylic oxidation sites excluding steroid dienone is 1. The van der Waals surface area contributed by atoms with Crippen molar-refractivity contribution in [2.75, 3.05) is 7.11 Å². The summed E-state index contributed by atoms with van der Waals surface area (Å²) < 4.78 is 66.2. The highest BCUT2D eigenvalue weighted by Crippen LogP contribution is 2.31. The maximum absolute atomic E-state index is 13.9. The van der Waals surface area contributed by atoms with E-state index in [4.69, 9.17) is 9.47 Å². The molecule has 2 aromatic carbocycles. The molecule has 3 aromatic rings. The predicted octanol–water partition coefficient (Wildman–Crippen LogP) is 4.85. The Balaban J connectivity index is 1.63. The molecule has 0 atom stereocenters. The van der Waals surface area contributed by atoms with E-state index >= 15 is 0 Å². The molecule has 0 fully saturated rings. The van der Waals surface area contributed by atoms with Gasteiger partial charge < -0.3 is 14.0 Å². The number of ether oxygens (including phenoxy) is 2. The molecule has 0 N–H and O–H groups in total. The Morgan fingerprint density at radius 1 is 1.06 bits per heavy atom. The lowest BCUT2D eigenvalue weighted by molar-refractivity contribution is 0.0722. The Kier molecular flexibility index (Phi) is 6.82. The summed E-state index contributed by atoms with van der Waals surface area (Å²) in [5, 5.41) is 18.1. The molecule has 2 heterocycles. The fourth-order valence-corrected chi connectivity index (χ4v) is 3.73. The highest BCUT2D eigenvalue weighted by molar-refractivity contribution is 5.92. The Bertz CT molecular complexity index is 1380. The number of aryl methyl sites for hydroxylation is 1. The van der Waals surface area contributed by atoms with E-state index in [1.165, 1.54) is 25.3 Å². The zero-order valence-corrected chi connectivity index (χ0v) is 18.4. The largest absolute Gasteiger partial charge is 0.493 e. The van der Waals surface area contributed by atoms with E-state index in [1.807, 2.05) is 4.57 Å². The third-order valence-electron chi connectivity index (χ3n) is 5.49. The van der Waals surface area contributed by atoms with Gasteiger partial charge in [-0.25, -0.2) is 22.4 Å². The monoisotopic (exact) mass is 486 g/mol. The van der Waals surface area contributed by atoms with E-state index in [1.54, 1.807) is 6.08 Å². The van der Waals surface area contributed by atoms with Crippen molar-refractivity contribution in [1.29, 1.82) is 5.26 Å². The number of nitrogens with zero attached hydrogens (tertiary/aromatic N) is 4. The number of methoxy groups -OCH3 is 1. The number of carbonyl (C=O) groups excluding carboxylic acids is 1. The number of carbonyl (C=O) groups is 1. The molecule has 0 amide bonds. The average Bonchev–Trinajstić information content (AvgIpc) is 3.11. The standard InChI is InChI=1S/C24H18F4N4O3/c1-34-18-10-13(9-14(12-29)23-31-30-19-5-3-2-4-8-32(19)23)6-7-17(18)35-24(33)15-11-16(25)21(27)22(28)20(15)26/h6-7,9-11H,2-5,8H2,1H3/b14-9-. The maximum Gasteiger partial charge on any atom is 0.346 e. The molecule has 180 valence electrons. The van der Waals surface area contributed by atoms with E-state index in [0.717, 1.165) is 31.5 Å². The van der Waals surface area contributed by atoms with Gasteiger partial charge in [0.1, 0.15) is 17.5 Å². The van der Waals surface area contributed by atoms with Gasteiger partial charge in [0.15, 0.2) is 40.6 Å². The molecule has 0 saturated carbocycles. The molecule has 0 spiro atoms. The van der Waals surface area contributed by atoms with Crippen molar-refractivity contribution < 1.29 is 31.8 Å². The molecule has 0 aliphatic carbocycles. The lowest BCUT2D eigenvalue weighted by Gasteiger charge is -2.11. The summed E-state index contributed by atoms with van der Waals surface area (Å²) in [5.41, 5.74) is -0.363. The Morgan fingerprint density at radius 3 is 2.60 bits per heavy atom. The van der Waals surface area contributed by atoms with Crippen molar-refractivity contribution >= 4 is 17.6 Å². The van der Waals surface area contributed by atoms with Gasteiger partial charge in [0.05, 0.1) is 12.7 Å². The van der Waals surface area contributed by atoms with Crippen molar-refractivity contribution in [3.8, 4) is 17.6 Å². The SMILES string of the molecule is COc1cc(/C=C(/C#N)c2nnc3n2CCCCC3)ccc1OC(=O)c1cc(F)c(F)c(F)c1F. The summed E-state index contributed by atoms with van der Waals surface area (Å²) in [4.78, 5) is 12.3. The zero-order chi connectivity index (χ0) is 25.1. The Labute approximate surface area is 197 Å². The number of aromatic nitrogens is 3. The molecule has 1 aliphatic heterocycles. The molecule has 1 aliphatic rings. The number of benzene rings is 2. The highest BCUT2D eigenvalue weighted by Gasteiger charge is 2.25. The molecular formula is C24H18F4N4O3. The highest BCUT2D eigenvalue weighted by atomic mass is 19.2. The lowest BCUT2D eigenvalue weighted by Crippen LogP contribution is -2.14. The van der Waals surface area contributed by atoms with Gasteiger partial charge in [-0.1, -0.05) is 12.5 Å². The van der Waals surface area contributed by atoms with Crippen LogP contribution in [0.1, 0.15) is 46.8 Å². The normalized spacial score (nSPS) is 13.5. The van der Waals surface area contributed by atoms with E-state index in [0.29, 0.717) is 17.9 Å². The van der Waals surface area contributed by atoms with Crippen LogP contribution < -0.4 is 9.47 Å². The van der Waals surface area contributed by atoms with Gasteiger partial charge in [-0.15, -0.1) is 10.2 Å². The van der Waals surface area contributed by atoms with Crippen LogP contribution in [0.3, 0.4) is 0 Å². The lowest BCUT2D eigenvalue weighted by atomic mass is 10.1. The first kappa shape index (κ1) is 23.9. The van der Waals surface area contributed by atoms with Crippen LogP contribution in [0, 0.1) is 34.6 Å². The van der Waals surface area contributed by atoms with Crippen LogP contribution in [0.2, 0.25) is 0 Å². The zero-order valence-electron chi connectivity index (χ0n) is 18.4. The van der Waals surface area contributed by atoms with Crippen LogP contribution >= 0.6 is 0 Å². The molecule has 0 bridgehead atoms. The van der Waals surface area contributed by atoms with Crippen LogP contribution in [0.5, 0.6) is 11.5 Å².